The Kier molecular flexibility index (Phi) is 5.85. The smallest absolute Gasteiger partial charge is 0.0849 e. The maximum absolute atomic E-state index is 6.43. The van der Waals surface area contributed by atoms with Gasteiger partial charge in [0, 0.05) is 11.5 Å². The van der Waals surface area contributed by atoms with Crippen molar-refractivity contribution in [3.05, 3.63) is 50.7 Å². The molecule has 0 bridgehead atoms. The Balaban J connectivity index is 2.16. The van der Waals surface area contributed by atoms with Gasteiger partial charge in [0.05, 0.1) is 16.4 Å². The lowest BCUT2D eigenvalue weighted by Crippen LogP contribution is -2.21. The summed E-state index contributed by atoms with van der Waals surface area (Å²) >= 11 is 10.0. The van der Waals surface area contributed by atoms with Crippen molar-refractivity contribution >= 4 is 27.5 Å². The molecule has 0 fully saturated rings. The molecule has 1 aromatic carbocycles. The van der Waals surface area contributed by atoms with Gasteiger partial charge in [0.15, 0.2) is 0 Å². The second-order valence-corrected chi connectivity index (χ2v) is 6.52. The van der Waals surface area contributed by atoms with Crippen LogP contribution in [0.4, 0.5) is 0 Å². The largest absolute Gasteiger partial charge is 0.330 e. The summed E-state index contributed by atoms with van der Waals surface area (Å²) in [4.78, 5) is 0. The first-order chi connectivity index (χ1) is 10.1. The predicted molar refractivity (Wildman–Crippen MR) is 91.7 cm³/mol. The molecule has 0 saturated carbocycles. The molecular formula is C16H21BrClN3. The van der Waals surface area contributed by atoms with E-state index in [2.05, 4.69) is 46.2 Å². The first kappa shape index (κ1) is 16.5. The van der Waals surface area contributed by atoms with Crippen molar-refractivity contribution in [2.45, 2.75) is 26.2 Å². The summed E-state index contributed by atoms with van der Waals surface area (Å²) in [6, 6.07) is 8.28. The van der Waals surface area contributed by atoms with Crippen molar-refractivity contribution in [2.24, 2.45) is 18.7 Å². The maximum atomic E-state index is 6.43. The Morgan fingerprint density at radius 2 is 2.05 bits per heavy atom. The van der Waals surface area contributed by atoms with E-state index >= 15 is 0 Å². The van der Waals surface area contributed by atoms with Crippen molar-refractivity contribution < 1.29 is 0 Å². The lowest BCUT2D eigenvalue weighted by Gasteiger charge is -2.16. The Bertz CT molecular complexity index is 610. The lowest BCUT2D eigenvalue weighted by atomic mass is 9.94. The monoisotopic (exact) mass is 369 g/mol. The molecule has 5 heteroatoms. The number of rotatable bonds is 6. The van der Waals surface area contributed by atoms with Crippen LogP contribution in [0.2, 0.25) is 5.02 Å². The van der Waals surface area contributed by atoms with Crippen molar-refractivity contribution in [1.29, 1.82) is 0 Å². The summed E-state index contributed by atoms with van der Waals surface area (Å²) in [7, 11) is 1.95. The summed E-state index contributed by atoms with van der Waals surface area (Å²) in [5.41, 5.74) is 9.29. The highest BCUT2D eigenvalue weighted by Crippen LogP contribution is 2.26. The van der Waals surface area contributed by atoms with Gasteiger partial charge in [0.25, 0.3) is 0 Å². The van der Waals surface area contributed by atoms with Crippen LogP contribution in [0, 0.1) is 5.92 Å². The molecule has 0 aliphatic rings. The molecule has 2 N–H and O–H groups in total. The molecule has 114 valence electrons. The van der Waals surface area contributed by atoms with Crippen LogP contribution >= 0.6 is 27.5 Å². The van der Waals surface area contributed by atoms with E-state index in [9.17, 15) is 0 Å². The van der Waals surface area contributed by atoms with Gasteiger partial charge < -0.3 is 5.73 Å². The van der Waals surface area contributed by atoms with Crippen molar-refractivity contribution in [3.63, 3.8) is 0 Å². The summed E-state index contributed by atoms with van der Waals surface area (Å²) in [6.45, 7) is 2.70. The van der Waals surface area contributed by atoms with Gasteiger partial charge in [-0.1, -0.05) is 52.7 Å². The maximum Gasteiger partial charge on any atom is 0.0849 e. The highest BCUT2D eigenvalue weighted by atomic mass is 79.9. The van der Waals surface area contributed by atoms with Crippen LogP contribution in [0.1, 0.15) is 23.9 Å². The summed E-state index contributed by atoms with van der Waals surface area (Å²) in [5, 5.41) is 5.27. The molecule has 0 radical (unpaired) electrons. The normalized spacial score (nSPS) is 12.6. The highest BCUT2D eigenvalue weighted by molar-refractivity contribution is 9.10. The fourth-order valence-corrected chi connectivity index (χ4v) is 3.35. The Morgan fingerprint density at radius 3 is 2.62 bits per heavy atom. The predicted octanol–water partition coefficient (Wildman–Crippen LogP) is 3.76. The molecule has 2 aromatic rings. The lowest BCUT2D eigenvalue weighted by molar-refractivity contribution is 0.510. The molecule has 1 unspecified atom stereocenters. The molecule has 3 nitrogen and oxygen atoms in total. The van der Waals surface area contributed by atoms with Gasteiger partial charge in [-0.05, 0) is 43.4 Å². The number of halogens is 2. The fraction of sp³-hybridized carbons (Fsp3) is 0.438. The fourth-order valence-electron chi connectivity index (χ4n) is 2.53. The van der Waals surface area contributed by atoms with Crippen LogP contribution < -0.4 is 5.73 Å². The van der Waals surface area contributed by atoms with Gasteiger partial charge in [-0.3, -0.25) is 4.68 Å². The zero-order valence-electron chi connectivity index (χ0n) is 12.4. The number of nitrogens with two attached hydrogens (primary N) is 1. The second kappa shape index (κ2) is 7.43. The van der Waals surface area contributed by atoms with E-state index in [4.69, 9.17) is 17.3 Å². The Hall–Kier alpha value is -0.840. The first-order valence-corrected chi connectivity index (χ1v) is 8.37. The van der Waals surface area contributed by atoms with Crippen LogP contribution in [-0.4, -0.2) is 16.3 Å². The molecule has 1 heterocycles. The molecule has 0 saturated heterocycles. The van der Waals surface area contributed by atoms with Crippen LogP contribution in [0.3, 0.4) is 0 Å². The van der Waals surface area contributed by atoms with E-state index in [1.54, 1.807) is 0 Å². The molecular weight excluding hydrogens is 350 g/mol. The van der Waals surface area contributed by atoms with Gasteiger partial charge in [0.2, 0.25) is 0 Å². The van der Waals surface area contributed by atoms with E-state index in [0.29, 0.717) is 12.5 Å². The third-order valence-corrected chi connectivity index (χ3v) is 4.99. The average molecular weight is 371 g/mol. The molecule has 1 aromatic heterocycles. The first-order valence-electron chi connectivity index (χ1n) is 7.20. The third kappa shape index (κ3) is 3.87. The van der Waals surface area contributed by atoms with Crippen LogP contribution in [0.25, 0.3) is 0 Å². The number of benzene rings is 1. The van der Waals surface area contributed by atoms with Crippen molar-refractivity contribution in [2.75, 3.05) is 6.54 Å². The number of nitrogens with zero attached hydrogens (tertiary/aromatic N) is 2. The van der Waals surface area contributed by atoms with E-state index in [1.165, 1.54) is 5.56 Å². The van der Waals surface area contributed by atoms with Gasteiger partial charge in [-0.15, -0.1) is 0 Å². The summed E-state index contributed by atoms with van der Waals surface area (Å²) in [5.74, 6) is 0.348. The van der Waals surface area contributed by atoms with E-state index in [1.807, 2.05) is 17.8 Å². The zero-order valence-corrected chi connectivity index (χ0v) is 14.8. The van der Waals surface area contributed by atoms with Crippen LogP contribution in [-0.2, 0) is 26.3 Å². The highest BCUT2D eigenvalue weighted by Gasteiger charge is 2.18. The molecule has 2 rings (SSSR count). The SMILES string of the molecule is CCc1nn(C)c(CC(CN)Cc2ccccc2Br)c1Cl. The van der Waals surface area contributed by atoms with Crippen LogP contribution in [0.5, 0.6) is 0 Å². The Labute approximate surface area is 139 Å². The molecule has 0 aliphatic carbocycles. The number of aryl methyl sites for hydroxylation is 2. The van der Waals surface area contributed by atoms with E-state index in [-0.39, 0.29) is 0 Å². The average Bonchev–Trinajstić information content (AvgIpc) is 2.75. The van der Waals surface area contributed by atoms with E-state index in [0.717, 1.165) is 40.1 Å². The zero-order chi connectivity index (χ0) is 15.4. The number of hydrogen-bond donors (Lipinski definition) is 1. The Morgan fingerprint density at radius 1 is 1.33 bits per heavy atom. The standard InChI is InChI=1S/C16H21BrClN3/c1-3-14-16(18)15(21(2)20-14)9-11(10-19)8-12-6-4-5-7-13(12)17/h4-7,11H,3,8-10,19H2,1-2H3. The minimum absolute atomic E-state index is 0.348. The van der Waals surface area contributed by atoms with Gasteiger partial charge >= 0.3 is 0 Å². The second-order valence-electron chi connectivity index (χ2n) is 5.29. The molecule has 0 amide bonds. The quantitative estimate of drug-likeness (QED) is 0.841. The minimum Gasteiger partial charge on any atom is -0.330 e. The molecule has 1 atom stereocenters. The molecule has 0 spiro atoms. The van der Waals surface area contributed by atoms with Gasteiger partial charge in [-0.25, -0.2) is 0 Å². The molecule has 0 aliphatic heterocycles. The van der Waals surface area contributed by atoms with Crippen LogP contribution in [0.15, 0.2) is 28.7 Å². The van der Waals surface area contributed by atoms with Crippen molar-refractivity contribution in [1.82, 2.24) is 9.78 Å². The van der Waals surface area contributed by atoms with Gasteiger partial charge in [-0.2, -0.15) is 5.10 Å². The number of hydrogen-bond acceptors (Lipinski definition) is 2. The minimum atomic E-state index is 0.348. The topological polar surface area (TPSA) is 43.8 Å². The third-order valence-electron chi connectivity index (χ3n) is 3.78. The molecule has 21 heavy (non-hydrogen) atoms. The summed E-state index contributed by atoms with van der Waals surface area (Å²) < 4.78 is 3.03. The van der Waals surface area contributed by atoms with Gasteiger partial charge in [0.1, 0.15) is 0 Å². The van der Waals surface area contributed by atoms with E-state index < -0.39 is 0 Å². The summed E-state index contributed by atoms with van der Waals surface area (Å²) in [6.07, 6.45) is 2.63. The number of aromatic nitrogens is 2. The van der Waals surface area contributed by atoms with Crippen molar-refractivity contribution in [3.8, 4) is 0 Å².